The molecule has 1 aromatic carbocycles. The minimum Gasteiger partial charge on any atom is -0.492 e. The van der Waals surface area contributed by atoms with Crippen molar-refractivity contribution in [2.45, 2.75) is 26.4 Å². The standard InChI is InChI=1S/C15H21N3O/c1-12-4-6-14(7-5-12)19-11-13(2)17-10-15-16-8-9-18(15)3/h4-9,13,17H,10-11H2,1-3H3. The van der Waals surface area contributed by atoms with Crippen molar-refractivity contribution in [1.82, 2.24) is 14.9 Å². The lowest BCUT2D eigenvalue weighted by Gasteiger charge is -2.15. The van der Waals surface area contributed by atoms with Crippen LogP contribution in [0.4, 0.5) is 0 Å². The Morgan fingerprint density at radius 3 is 2.68 bits per heavy atom. The summed E-state index contributed by atoms with van der Waals surface area (Å²) in [5.74, 6) is 1.94. The quantitative estimate of drug-likeness (QED) is 0.865. The van der Waals surface area contributed by atoms with Gasteiger partial charge < -0.3 is 14.6 Å². The maximum absolute atomic E-state index is 5.73. The SMILES string of the molecule is Cc1ccc(OCC(C)NCc2nccn2C)cc1. The van der Waals surface area contributed by atoms with Crippen molar-refractivity contribution in [3.63, 3.8) is 0 Å². The summed E-state index contributed by atoms with van der Waals surface area (Å²) in [4.78, 5) is 4.28. The van der Waals surface area contributed by atoms with Gasteiger partial charge in [0, 0.05) is 25.5 Å². The van der Waals surface area contributed by atoms with Gasteiger partial charge in [0.05, 0.1) is 6.54 Å². The first-order valence-corrected chi connectivity index (χ1v) is 6.54. The number of aryl methyl sites for hydroxylation is 2. The average molecular weight is 259 g/mol. The number of ether oxygens (including phenoxy) is 1. The van der Waals surface area contributed by atoms with Crippen LogP contribution in [0.2, 0.25) is 0 Å². The van der Waals surface area contributed by atoms with Gasteiger partial charge >= 0.3 is 0 Å². The number of imidazole rings is 1. The van der Waals surface area contributed by atoms with Crippen LogP contribution in [0.1, 0.15) is 18.3 Å². The van der Waals surface area contributed by atoms with Crippen molar-refractivity contribution in [2.24, 2.45) is 7.05 Å². The average Bonchev–Trinajstić information content (AvgIpc) is 2.81. The Kier molecular flexibility index (Phi) is 4.58. The van der Waals surface area contributed by atoms with Gasteiger partial charge in [0.15, 0.2) is 0 Å². The molecule has 0 amide bonds. The molecule has 0 saturated carbocycles. The monoisotopic (exact) mass is 259 g/mol. The molecule has 1 aromatic heterocycles. The van der Waals surface area contributed by atoms with Gasteiger partial charge in [-0.05, 0) is 26.0 Å². The van der Waals surface area contributed by atoms with Crippen LogP contribution >= 0.6 is 0 Å². The second kappa shape index (κ2) is 6.38. The number of nitrogens with zero attached hydrogens (tertiary/aromatic N) is 2. The van der Waals surface area contributed by atoms with E-state index in [0.717, 1.165) is 18.1 Å². The van der Waals surface area contributed by atoms with Crippen LogP contribution in [-0.2, 0) is 13.6 Å². The lowest BCUT2D eigenvalue weighted by Crippen LogP contribution is -2.32. The van der Waals surface area contributed by atoms with Crippen LogP contribution in [0.25, 0.3) is 0 Å². The summed E-state index contributed by atoms with van der Waals surface area (Å²) in [5, 5.41) is 3.40. The van der Waals surface area contributed by atoms with Crippen molar-refractivity contribution < 1.29 is 4.74 Å². The zero-order chi connectivity index (χ0) is 13.7. The van der Waals surface area contributed by atoms with E-state index in [1.54, 1.807) is 0 Å². The third kappa shape index (κ3) is 4.10. The van der Waals surface area contributed by atoms with Gasteiger partial charge in [0.1, 0.15) is 18.2 Å². The van der Waals surface area contributed by atoms with E-state index >= 15 is 0 Å². The largest absolute Gasteiger partial charge is 0.492 e. The van der Waals surface area contributed by atoms with E-state index in [0.29, 0.717) is 6.61 Å². The number of hydrogen-bond acceptors (Lipinski definition) is 3. The van der Waals surface area contributed by atoms with Crippen molar-refractivity contribution in [2.75, 3.05) is 6.61 Å². The molecule has 1 N–H and O–H groups in total. The third-order valence-electron chi connectivity index (χ3n) is 3.05. The topological polar surface area (TPSA) is 39.1 Å². The summed E-state index contributed by atoms with van der Waals surface area (Å²) >= 11 is 0. The summed E-state index contributed by atoms with van der Waals surface area (Å²) in [6, 6.07) is 8.39. The second-order valence-electron chi connectivity index (χ2n) is 4.86. The highest BCUT2D eigenvalue weighted by Gasteiger charge is 2.05. The molecule has 102 valence electrons. The van der Waals surface area contributed by atoms with Crippen molar-refractivity contribution in [1.29, 1.82) is 0 Å². The molecule has 0 fully saturated rings. The van der Waals surface area contributed by atoms with Gasteiger partial charge in [0.2, 0.25) is 0 Å². The fraction of sp³-hybridized carbons (Fsp3) is 0.400. The zero-order valence-electron chi connectivity index (χ0n) is 11.8. The molecule has 19 heavy (non-hydrogen) atoms. The van der Waals surface area contributed by atoms with Crippen molar-refractivity contribution in [3.05, 3.63) is 48.0 Å². The third-order valence-corrected chi connectivity index (χ3v) is 3.05. The number of benzene rings is 1. The lowest BCUT2D eigenvalue weighted by molar-refractivity contribution is 0.271. The Morgan fingerprint density at radius 2 is 2.05 bits per heavy atom. The van der Waals surface area contributed by atoms with E-state index in [1.807, 2.05) is 36.1 Å². The molecule has 2 aromatic rings. The lowest BCUT2D eigenvalue weighted by atomic mass is 10.2. The zero-order valence-corrected chi connectivity index (χ0v) is 11.8. The highest BCUT2D eigenvalue weighted by Crippen LogP contribution is 2.11. The highest BCUT2D eigenvalue weighted by molar-refractivity contribution is 5.26. The molecule has 1 unspecified atom stereocenters. The first kappa shape index (κ1) is 13.6. The molecular formula is C15H21N3O. The molecule has 2 rings (SSSR count). The fourth-order valence-corrected chi connectivity index (χ4v) is 1.75. The van der Waals surface area contributed by atoms with Crippen LogP contribution < -0.4 is 10.1 Å². The minimum absolute atomic E-state index is 0.276. The Morgan fingerprint density at radius 1 is 1.32 bits per heavy atom. The molecule has 0 radical (unpaired) electrons. The van der Waals surface area contributed by atoms with E-state index in [-0.39, 0.29) is 6.04 Å². The van der Waals surface area contributed by atoms with Gasteiger partial charge in [-0.2, -0.15) is 0 Å². The summed E-state index contributed by atoms with van der Waals surface area (Å²) in [6.45, 7) is 5.58. The molecule has 0 aliphatic carbocycles. The van der Waals surface area contributed by atoms with Gasteiger partial charge in [-0.3, -0.25) is 0 Å². The van der Waals surface area contributed by atoms with Crippen molar-refractivity contribution >= 4 is 0 Å². The number of nitrogens with one attached hydrogen (secondary N) is 1. The minimum atomic E-state index is 0.276. The molecular weight excluding hydrogens is 238 g/mol. The van der Waals surface area contributed by atoms with Gasteiger partial charge in [-0.1, -0.05) is 17.7 Å². The van der Waals surface area contributed by atoms with Gasteiger partial charge in [-0.25, -0.2) is 4.98 Å². The van der Waals surface area contributed by atoms with E-state index in [1.165, 1.54) is 5.56 Å². The van der Waals surface area contributed by atoms with E-state index in [4.69, 9.17) is 4.74 Å². The Labute approximate surface area is 114 Å². The Hall–Kier alpha value is -1.81. The van der Waals surface area contributed by atoms with E-state index in [2.05, 4.69) is 36.3 Å². The smallest absolute Gasteiger partial charge is 0.122 e. The van der Waals surface area contributed by atoms with E-state index in [9.17, 15) is 0 Å². The fourth-order valence-electron chi connectivity index (χ4n) is 1.75. The summed E-state index contributed by atoms with van der Waals surface area (Å²) < 4.78 is 7.75. The molecule has 0 bridgehead atoms. The Bertz CT molecular complexity index is 504. The molecule has 0 aliphatic heterocycles. The highest BCUT2D eigenvalue weighted by atomic mass is 16.5. The summed E-state index contributed by atoms with van der Waals surface area (Å²) in [7, 11) is 2.00. The molecule has 0 saturated heterocycles. The Balaban J connectivity index is 1.74. The number of rotatable bonds is 6. The summed E-state index contributed by atoms with van der Waals surface area (Å²) in [6.07, 6.45) is 3.76. The predicted molar refractivity (Wildman–Crippen MR) is 76.2 cm³/mol. The van der Waals surface area contributed by atoms with Crippen LogP contribution in [0.15, 0.2) is 36.7 Å². The number of aromatic nitrogens is 2. The van der Waals surface area contributed by atoms with Crippen LogP contribution in [0.3, 0.4) is 0 Å². The molecule has 1 heterocycles. The first-order chi connectivity index (χ1) is 9.15. The van der Waals surface area contributed by atoms with E-state index < -0.39 is 0 Å². The van der Waals surface area contributed by atoms with Crippen LogP contribution in [-0.4, -0.2) is 22.2 Å². The molecule has 1 atom stereocenters. The normalized spacial score (nSPS) is 12.4. The molecule has 4 nitrogen and oxygen atoms in total. The molecule has 0 spiro atoms. The molecule has 4 heteroatoms. The predicted octanol–water partition coefficient (Wildman–Crippen LogP) is 2.29. The van der Waals surface area contributed by atoms with Crippen LogP contribution in [0, 0.1) is 6.92 Å². The second-order valence-corrected chi connectivity index (χ2v) is 4.86. The molecule has 0 aliphatic rings. The van der Waals surface area contributed by atoms with Gasteiger partial charge in [0.25, 0.3) is 0 Å². The summed E-state index contributed by atoms with van der Waals surface area (Å²) in [5.41, 5.74) is 1.24. The maximum atomic E-state index is 5.73. The van der Waals surface area contributed by atoms with Crippen molar-refractivity contribution in [3.8, 4) is 5.75 Å². The maximum Gasteiger partial charge on any atom is 0.122 e. The first-order valence-electron chi connectivity index (χ1n) is 6.54. The van der Waals surface area contributed by atoms with Crippen LogP contribution in [0.5, 0.6) is 5.75 Å². The number of hydrogen-bond donors (Lipinski definition) is 1. The van der Waals surface area contributed by atoms with Gasteiger partial charge in [-0.15, -0.1) is 0 Å².